The zero-order valence-electron chi connectivity index (χ0n) is 17.9. The average Bonchev–Trinajstić information content (AvgIpc) is 3.13. The van der Waals surface area contributed by atoms with E-state index in [0.29, 0.717) is 0 Å². The minimum atomic E-state index is -1.06. The van der Waals surface area contributed by atoms with Crippen molar-refractivity contribution in [3.63, 3.8) is 0 Å². The Bertz CT molecular complexity index is 1290. The minimum Gasteiger partial charge on any atom is -0.297 e. The predicted molar refractivity (Wildman–Crippen MR) is 127 cm³/mol. The van der Waals surface area contributed by atoms with Gasteiger partial charge in [0.2, 0.25) is 0 Å². The Labute approximate surface area is 186 Å². The fraction of sp³-hybridized carbons (Fsp3) is 0.214. The van der Waals surface area contributed by atoms with Crippen molar-refractivity contribution in [2.24, 2.45) is 5.92 Å². The molecule has 4 aromatic rings. The van der Waals surface area contributed by atoms with Crippen LogP contribution in [-0.4, -0.2) is 11.6 Å². The molecule has 5 rings (SSSR count). The summed E-state index contributed by atoms with van der Waals surface area (Å²) >= 11 is 1.71. The van der Waals surface area contributed by atoms with Gasteiger partial charge in [-0.25, -0.2) is 0 Å². The number of thiophene rings is 1. The number of rotatable bonds is 4. The van der Waals surface area contributed by atoms with Crippen LogP contribution in [0.25, 0.3) is 10.1 Å². The van der Waals surface area contributed by atoms with Crippen LogP contribution in [0.2, 0.25) is 0 Å². The van der Waals surface area contributed by atoms with Crippen LogP contribution >= 0.6 is 11.3 Å². The molecule has 154 valence electrons. The Morgan fingerprint density at radius 3 is 2.10 bits per heavy atom. The maximum Gasteiger partial charge on any atom is 0.162 e. The van der Waals surface area contributed by atoms with Crippen LogP contribution < -0.4 is 0 Å². The number of ketones is 2. The molecule has 0 aliphatic heterocycles. The van der Waals surface area contributed by atoms with E-state index in [-0.39, 0.29) is 17.5 Å². The van der Waals surface area contributed by atoms with Crippen molar-refractivity contribution in [2.45, 2.75) is 32.1 Å². The molecule has 1 aliphatic carbocycles. The number of hydrogen-bond donors (Lipinski definition) is 0. The molecule has 0 bridgehead atoms. The van der Waals surface area contributed by atoms with E-state index < -0.39 is 11.3 Å². The lowest BCUT2D eigenvalue weighted by Crippen LogP contribution is -2.62. The smallest absolute Gasteiger partial charge is 0.162 e. The zero-order valence-corrected chi connectivity index (χ0v) is 18.7. The van der Waals surface area contributed by atoms with Crippen LogP contribution in [0, 0.1) is 19.8 Å². The second kappa shape index (κ2) is 7.28. The molecule has 1 unspecified atom stereocenters. The molecule has 1 aliphatic rings. The van der Waals surface area contributed by atoms with Crippen LogP contribution in [0.1, 0.15) is 40.0 Å². The molecule has 0 N–H and O–H groups in total. The summed E-state index contributed by atoms with van der Waals surface area (Å²) < 4.78 is 1.20. The van der Waals surface area contributed by atoms with Crippen LogP contribution in [-0.2, 0) is 15.0 Å². The molecule has 3 heteroatoms. The van der Waals surface area contributed by atoms with Crippen molar-refractivity contribution >= 4 is 33.0 Å². The number of carbonyl (C=O) groups excluding carboxylic acids is 2. The highest BCUT2D eigenvalue weighted by Crippen LogP contribution is 2.51. The molecule has 2 nitrogen and oxygen atoms in total. The molecule has 0 radical (unpaired) electrons. The summed E-state index contributed by atoms with van der Waals surface area (Å²) in [4.78, 5) is 28.4. The molecule has 0 amide bonds. The van der Waals surface area contributed by atoms with E-state index in [1.807, 2.05) is 60.7 Å². The van der Waals surface area contributed by atoms with E-state index in [4.69, 9.17) is 0 Å². The van der Waals surface area contributed by atoms with Crippen molar-refractivity contribution in [1.82, 2.24) is 0 Å². The predicted octanol–water partition coefficient (Wildman–Crippen LogP) is 6.38. The van der Waals surface area contributed by atoms with Gasteiger partial charge in [-0.15, -0.1) is 11.3 Å². The normalized spacial score (nSPS) is 21.8. The van der Waals surface area contributed by atoms with Gasteiger partial charge in [-0.1, -0.05) is 78.4 Å². The Hall–Kier alpha value is -3.04. The average molecular weight is 425 g/mol. The zero-order chi connectivity index (χ0) is 21.8. The molecule has 3 aromatic carbocycles. The molecule has 0 spiro atoms. The first kappa shape index (κ1) is 19.9. The van der Waals surface area contributed by atoms with Crippen LogP contribution in [0.15, 0.2) is 78.9 Å². The first-order chi connectivity index (χ1) is 14.9. The number of aryl methyl sites for hydroxylation is 2. The second-order valence-corrected chi connectivity index (χ2v) is 9.76. The van der Waals surface area contributed by atoms with Gasteiger partial charge in [-0.3, -0.25) is 9.59 Å². The van der Waals surface area contributed by atoms with Gasteiger partial charge in [0, 0.05) is 15.5 Å². The SMILES string of the molecule is Cc1ccc2sc(C(c3ccccc3)C3C(=O)C(C)(c4ccccc4)C3=O)c(C)c2c1. The number of carbonyl (C=O) groups is 2. The third-order valence-corrected chi connectivity index (χ3v) is 8.16. The Balaban J connectivity index is 1.65. The molecular formula is C28H24O2S. The standard InChI is InChI=1S/C28H24O2S/c1-17-14-15-22-21(16-17)18(2)25(31-22)23(19-10-6-4-7-11-19)24-26(29)28(3,27(24)30)20-12-8-5-9-13-20/h4-16,23-24H,1-3H3. The van der Waals surface area contributed by atoms with Crippen molar-refractivity contribution in [1.29, 1.82) is 0 Å². The highest BCUT2D eigenvalue weighted by Gasteiger charge is 2.62. The number of hydrogen-bond acceptors (Lipinski definition) is 3. The maximum absolute atomic E-state index is 13.6. The third kappa shape index (κ3) is 2.91. The van der Waals surface area contributed by atoms with Gasteiger partial charge < -0.3 is 0 Å². The largest absolute Gasteiger partial charge is 0.297 e. The first-order valence-electron chi connectivity index (χ1n) is 10.6. The van der Waals surface area contributed by atoms with Crippen LogP contribution in [0.3, 0.4) is 0 Å². The summed E-state index contributed by atoms with van der Waals surface area (Å²) in [6.45, 7) is 6.00. The summed E-state index contributed by atoms with van der Waals surface area (Å²) in [5, 5.41) is 1.21. The van der Waals surface area contributed by atoms with E-state index in [1.54, 1.807) is 18.3 Å². The molecule has 0 saturated heterocycles. The molecule has 1 fully saturated rings. The topological polar surface area (TPSA) is 34.1 Å². The van der Waals surface area contributed by atoms with Crippen molar-refractivity contribution < 1.29 is 9.59 Å². The van der Waals surface area contributed by atoms with Gasteiger partial charge >= 0.3 is 0 Å². The number of Topliss-reactive ketones (excluding diaryl/α,β-unsaturated/α-hetero) is 2. The fourth-order valence-electron chi connectivity index (χ4n) is 4.95. The van der Waals surface area contributed by atoms with Gasteiger partial charge in [-0.2, -0.15) is 0 Å². The summed E-state index contributed by atoms with van der Waals surface area (Å²) in [5.41, 5.74) is 3.14. The first-order valence-corrected chi connectivity index (χ1v) is 11.4. The molecule has 1 heterocycles. The van der Waals surface area contributed by atoms with E-state index in [0.717, 1.165) is 16.0 Å². The second-order valence-electron chi connectivity index (χ2n) is 8.68. The summed E-state index contributed by atoms with van der Waals surface area (Å²) in [7, 11) is 0. The molecule has 31 heavy (non-hydrogen) atoms. The summed E-state index contributed by atoms with van der Waals surface area (Å²) in [6.07, 6.45) is 0. The van der Waals surface area contributed by atoms with Gasteiger partial charge in [0.1, 0.15) is 5.41 Å². The van der Waals surface area contributed by atoms with Gasteiger partial charge in [0.05, 0.1) is 5.92 Å². The number of benzene rings is 3. The van der Waals surface area contributed by atoms with E-state index >= 15 is 0 Å². The van der Waals surface area contributed by atoms with Crippen LogP contribution in [0.5, 0.6) is 0 Å². The minimum absolute atomic E-state index is 0.0191. The summed E-state index contributed by atoms with van der Waals surface area (Å²) in [6, 6.07) is 25.9. The Morgan fingerprint density at radius 2 is 1.45 bits per heavy atom. The van der Waals surface area contributed by atoms with Crippen molar-refractivity contribution in [2.75, 3.05) is 0 Å². The Kier molecular flexibility index (Phi) is 4.67. The third-order valence-electron chi connectivity index (χ3n) is 6.80. The molecule has 1 aromatic heterocycles. The lowest BCUT2D eigenvalue weighted by atomic mass is 9.53. The lowest BCUT2D eigenvalue weighted by molar-refractivity contribution is -0.153. The molecule has 1 atom stereocenters. The van der Waals surface area contributed by atoms with Gasteiger partial charge in [0.15, 0.2) is 11.6 Å². The molecule has 1 saturated carbocycles. The van der Waals surface area contributed by atoms with Crippen molar-refractivity contribution in [3.05, 3.63) is 106 Å². The fourth-order valence-corrected chi connectivity index (χ4v) is 6.31. The quantitative estimate of drug-likeness (QED) is 0.356. The summed E-state index contributed by atoms with van der Waals surface area (Å²) in [5.74, 6) is -0.868. The van der Waals surface area contributed by atoms with E-state index in [2.05, 4.69) is 32.0 Å². The maximum atomic E-state index is 13.6. The number of fused-ring (bicyclic) bond motifs is 1. The highest BCUT2D eigenvalue weighted by atomic mass is 32.1. The highest BCUT2D eigenvalue weighted by molar-refractivity contribution is 7.19. The van der Waals surface area contributed by atoms with E-state index in [9.17, 15) is 9.59 Å². The van der Waals surface area contributed by atoms with E-state index in [1.165, 1.54) is 21.2 Å². The van der Waals surface area contributed by atoms with Gasteiger partial charge in [-0.05, 0) is 48.9 Å². The molecular weight excluding hydrogens is 400 g/mol. The van der Waals surface area contributed by atoms with Crippen LogP contribution in [0.4, 0.5) is 0 Å². The van der Waals surface area contributed by atoms with Gasteiger partial charge in [0.25, 0.3) is 0 Å². The monoisotopic (exact) mass is 424 g/mol. The lowest BCUT2D eigenvalue weighted by Gasteiger charge is -2.45. The van der Waals surface area contributed by atoms with Crippen molar-refractivity contribution in [3.8, 4) is 0 Å². The Morgan fingerprint density at radius 1 is 0.839 bits per heavy atom.